The summed E-state index contributed by atoms with van der Waals surface area (Å²) in [6.07, 6.45) is 9.40. The molecule has 1 atom stereocenters. The van der Waals surface area contributed by atoms with Crippen LogP contribution in [0.25, 0.3) is 0 Å². The van der Waals surface area contributed by atoms with Gasteiger partial charge in [0.2, 0.25) is 0 Å². The molecule has 1 unspecified atom stereocenters. The summed E-state index contributed by atoms with van der Waals surface area (Å²) in [7, 11) is -0.844. The molecule has 0 heterocycles. The summed E-state index contributed by atoms with van der Waals surface area (Å²) in [5, 5.41) is 0. The van der Waals surface area contributed by atoms with Gasteiger partial charge in [0.25, 0.3) is 0 Å². The van der Waals surface area contributed by atoms with Gasteiger partial charge in [0.15, 0.2) is 0 Å². The van der Waals surface area contributed by atoms with Crippen molar-refractivity contribution in [2.24, 2.45) is 11.7 Å². The van der Waals surface area contributed by atoms with Crippen molar-refractivity contribution in [2.45, 2.75) is 37.0 Å². The number of allylic oxidation sites excluding steroid dienone is 1. The SMILES string of the molecule is N/C=C/Cc1cccc(S(=O)CC2CCCC2)c1. The third-order valence-electron chi connectivity index (χ3n) is 3.51. The first-order valence-corrected chi connectivity index (χ1v) is 7.95. The highest BCUT2D eigenvalue weighted by atomic mass is 32.2. The van der Waals surface area contributed by atoms with E-state index in [1.807, 2.05) is 24.3 Å². The van der Waals surface area contributed by atoms with Gasteiger partial charge in [-0.3, -0.25) is 4.21 Å². The summed E-state index contributed by atoms with van der Waals surface area (Å²) in [5.74, 6) is 1.49. The molecule has 0 amide bonds. The van der Waals surface area contributed by atoms with Gasteiger partial charge in [-0.1, -0.05) is 31.1 Å². The summed E-state index contributed by atoms with van der Waals surface area (Å²) >= 11 is 0. The van der Waals surface area contributed by atoms with E-state index in [1.165, 1.54) is 31.2 Å². The van der Waals surface area contributed by atoms with E-state index in [2.05, 4.69) is 6.07 Å². The van der Waals surface area contributed by atoms with Crippen LogP contribution in [0.5, 0.6) is 0 Å². The zero-order chi connectivity index (χ0) is 12.8. The van der Waals surface area contributed by atoms with E-state index >= 15 is 0 Å². The largest absolute Gasteiger partial charge is 0.405 e. The van der Waals surface area contributed by atoms with Crippen LogP contribution in [0.3, 0.4) is 0 Å². The van der Waals surface area contributed by atoms with E-state index in [-0.39, 0.29) is 0 Å². The summed E-state index contributed by atoms with van der Waals surface area (Å²) in [5.41, 5.74) is 6.52. The minimum Gasteiger partial charge on any atom is -0.405 e. The van der Waals surface area contributed by atoms with Crippen LogP contribution in [0.4, 0.5) is 0 Å². The average molecular weight is 263 g/mol. The second-order valence-corrected chi connectivity index (χ2v) is 6.44. The van der Waals surface area contributed by atoms with E-state index < -0.39 is 10.8 Å². The number of benzene rings is 1. The lowest BCUT2D eigenvalue weighted by atomic mass is 10.1. The van der Waals surface area contributed by atoms with Crippen LogP contribution in [-0.4, -0.2) is 9.96 Å². The molecular formula is C15H21NOS. The molecule has 1 saturated carbocycles. The lowest BCUT2D eigenvalue weighted by molar-refractivity contribution is 0.604. The molecule has 2 N–H and O–H groups in total. The first-order valence-electron chi connectivity index (χ1n) is 6.63. The van der Waals surface area contributed by atoms with E-state index in [9.17, 15) is 4.21 Å². The standard InChI is InChI=1S/C15H21NOS/c16-10-4-8-13-7-3-9-15(11-13)18(17)12-14-5-1-2-6-14/h3-4,7,9-11,14H,1-2,5-6,8,12,16H2/b10-4+. The molecule has 0 aliphatic heterocycles. The monoisotopic (exact) mass is 263 g/mol. The molecule has 18 heavy (non-hydrogen) atoms. The van der Waals surface area contributed by atoms with Crippen LogP contribution >= 0.6 is 0 Å². The number of rotatable bonds is 5. The molecule has 1 aromatic carbocycles. The Morgan fingerprint density at radius 2 is 2.11 bits per heavy atom. The van der Waals surface area contributed by atoms with Gasteiger partial charge >= 0.3 is 0 Å². The Labute approximate surface area is 112 Å². The fraction of sp³-hybridized carbons (Fsp3) is 0.467. The maximum absolute atomic E-state index is 12.3. The summed E-state index contributed by atoms with van der Waals surface area (Å²) in [6, 6.07) is 8.06. The number of hydrogen-bond donors (Lipinski definition) is 1. The van der Waals surface area contributed by atoms with Crippen molar-refractivity contribution in [1.82, 2.24) is 0 Å². The van der Waals surface area contributed by atoms with Crippen LogP contribution in [0.1, 0.15) is 31.2 Å². The van der Waals surface area contributed by atoms with Gasteiger partial charge in [-0.05, 0) is 49.1 Å². The van der Waals surface area contributed by atoms with Gasteiger partial charge in [-0.15, -0.1) is 0 Å². The Kier molecular flexibility index (Phi) is 5.00. The normalized spacial score (nSPS) is 18.4. The molecule has 1 aliphatic carbocycles. The van der Waals surface area contributed by atoms with Crippen molar-refractivity contribution < 1.29 is 4.21 Å². The highest BCUT2D eigenvalue weighted by Crippen LogP contribution is 2.26. The van der Waals surface area contributed by atoms with Crippen LogP contribution < -0.4 is 5.73 Å². The van der Waals surface area contributed by atoms with Crippen molar-refractivity contribution in [3.63, 3.8) is 0 Å². The van der Waals surface area contributed by atoms with Gasteiger partial charge in [-0.2, -0.15) is 0 Å². The fourth-order valence-electron chi connectivity index (χ4n) is 2.51. The Bertz CT molecular complexity index is 436. The zero-order valence-electron chi connectivity index (χ0n) is 10.7. The minimum atomic E-state index is -0.844. The maximum atomic E-state index is 12.3. The molecular weight excluding hydrogens is 242 g/mol. The molecule has 0 spiro atoms. The number of hydrogen-bond acceptors (Lipinski definition) is 2. The van der Waals surface area contributed by atoms with Crippen LogP contribution in [0.15, 0.2) is 41.4 Å². The quantitative estimate of drug-likeness (QED) is 0.887. The van der Waals surface area contributed by atoms with Crippen molar-refractivity contribution >= 4 is 10.8 Å². The lowest BCUT2D eigenvalue weighted by Crippen LogP contribution is -2.08. The van der Waals surface area contributed by atoms with Crippen molar-refractivity contribution in [1.29, 1.82) is 0 Å². The second-order valence-electron chi connectivity index (χ2n) is 4.94. The number of nitrogens with two attached hydrogens (primary N) is 1. The van der Waals surface area contributed by atoms with Crippen molar-refractivity contribution in [2.75, 3.05) is 5.75 Å². The Hall–Kier alpha value is -1.09. The molecule has 98 valence electrons. The Balaban J connectivity index is 2.00. The molecule has 0 radical (unpaired) electrons. The van der Waals surface area contributed by atoms with Gasteiger partial charge in [-0.25, -0.2) is 0 Å². The summed E-state index contributed by atoms with van der Waals surface area (Å²) in [6.45, 7) is 0. The van der Waals surface area contributed by atoms with Crippen LogP contribution in [-0.2, 0) is 17.2 Å². The molecule has 1 aliphatic rings. The zero-order valence-corrected chi connectivity index (χ0v) is 11.5. The first kappa shape index (κ1) is 13.3. The average Bonchev–Trinajstić information content (AvgIpc) is 2.89. The minimum absolute atomic E-state index is 0.665. The van der Waals surface area contributed by atoms with E-state index in [0.717, 1.165) is 17.1 Å². The molecule has 2 nitrogen and oxygen atoms in total. The summed E-state index contributed by atoms with van der Waals surface area (Å²) < 4.78 is 12.3. The molecule has 0 bridgehead atoms. The smallest absolute Gasteiger partial charge is 0.0532 e. The molecule has 3 heteroatoms. The van der Waals surface area contributed by atoms with Gasteiger partial charge < -0.3 is 5.73 Å². The molecule has 0 aromatic heterocycles. The fourth-order valence-corrected chi connectivity index (χ4v) is 3.97. The Morgan fingerprint density at radius 1 is 1.33 bits per heavy atom. The third-order valence-corrected chi connectivity index (χ3v) is 5.07. The van der Waals surface area contributed by atoms with Crippen molar-refractivity contribution in [3.8, 4) is 0 Å². The van der Waals surface area contributed by atoms with Crippen LogP contribution in [0, 0.1) is 5.92 Å². The highest BCUT2D eigenvalue weighted by Gasteiger charge is 2.18. The summed E-state index contributed by atoms with van der Waals surface area (Å²) in [4.78, 5) is 0.963. The predicted molar refractivity (Wildman–Crippen MR) is 76.7 cm³/mol. The van der Waals surface area contributed by atoms with E-state index in [1.54, 1.807) is 6.20 Å². The van der Waals surface area contributed by atoms with Gasteiger partial charge in [0, 0.05) is 10.6 Å². The molecule has 0 saturated heterocycles. The topological polar surface area (TPSA) is 43.1 Å². The molecule has 1 aromatic rings. The second kappa shape index (κ2) is 6.74. The van der Waals surface area contributed by atoms with E-state index in [4.69, 9.17) is 5.73 Å². The van der Waals surface area contributed by atoms with Crippen molar-refractivity contribution in [3.05, 3.63) is 42.1 Å². The first-order chi connectivity index (χ1) is 8.79. The predicted octanol–water partition coefficient (Wildman–Crippen LogP) is 3.00. The molecule has 2 rings (SSSR count). The highest BCUT2D eigenvalue weighted by molar-refractivity contribution is 7.85. The lowest BCUT2D eigenvalue weighted by Gasteiger charge is -2.09. The Morgan fingerprint density at radius 3 is 2.83 bits per heavy atom. The maximum Gasteiger partial charge on any atom is 0.0532 e. The van der Waals surface area contributed by atoms with Gasteiger partial charge in [0.05, 0.1) is 10.8 Å². The van der Waals surface area contributed by atoms with Crippen LogP contribution in [0.2, 0.25) is 0 Å². The van der Waals surface area contributed by atoms with E-state index in [0.29, 0.717) is 5.92 Å². The molecule has 1 fully saturated rings. The third kappa shape index (κ3) is 3.70. The van der Waals surface area contributed by atoms with Gasteiger partial charge in [0.1, 0.15) is 0 Å².